The Kier molecular flexibility index (Phi) is 6.10. The zero-order chi connectivity index (χ0) is 15.5. The van der Waals surface area contributed by atoms with Crippen LogP contribution in [0.2, 0.25) is 0 Å². The molecule has 2 aliphatic rings. The van der Waals surface area contributed by atoms with Crippen LogP contribution in [0, 0.1) is 17.8 Å². The number of hydrogen-bond donors (Lipinski definition) is 1. The molecule has 3 nitrogen and oxygen atoms in total. The van der Waals surface area contributed by atoms with Crippen molar-refractivity contribution in [1.82, 2.24) is 10.2 Å². The van der Waals surface area contributed by atoms with E-state index in [0.717, 1.165) is 44.1 Å². The average molecular weight is 296 g/mol. The largest absolute Gasteiger partial charge is 0.379 e. The van der Waals surface area contributed by atoms with Gasteiger partial charge in [-0.05, 0) is 51.0 Å². The molecule has 0 aromatic heterocycles. The summed E-state index contributed by atoms with van der Waals surface area (Å²) < 4.78 is 5.57. The Bertz CT molecular complexity index is 316. The van der Waals surface area contributed by atoms with Crippen LogP contribution in [0.15, 0.2) is 0 Å². The van der Waals surface area contributed by atoms with Crippen LogP contribution in [0.3, 0.4) is 0 Å². The number of hydrogen-bond acceptors (Lipinski definition) is 3. The minimum atomic E-state index is 0.253. The van der Waals surface area contributed by atoms with Gasteiger partial charge in [0.1, 0.15) is 0 Å². The average Bonchev–Trinajstić information content (AvgIpc) is 2.52. The first-order valence-corrected chi connectivity index (χ1v) is 9.03. The van der Waals surface area contributed by atoms with Gasteiger partial charge in [-0.2, -0.15) is 0 Å². The summed E-state index contributed by atoms with van der Waals surface area (Å²) in [6.07, 6.45) is 5.37. The lowest BCUT2D eigenvalue weighted by atomic mass is 9.68. The molecule has 21 heavy (non-hydrogen) atoms. The maximum absolute atomic E-state index is 5.57. The molecular weight excluding hydrogens is 260 g/mol. The predicted octanol–water partition coefficient (Wildman–Crippen LogP) is 3.15. The van der Waals surface area contributed by atoms with Crippen molar-refractivity contribution in [2.24, 2.45) is 17.8 Å². The van der Waals surface area contributed by atoms with Crippen molar-refractivity contribution >= 4 is 0 Å². The summed E-state index contributed by atoms with van der Waals surface area (Å²) in [5, 5.41) is 3.71. The fourth-order valence-electron chi connectivity index (χ4n) is 4.66. The van der Waals surface area contributed by atoms with Crippen molar-refractivity contribution in [3.63, 3.8) is 0 Å². The molecule has 5 unspecified atom stereocenters. The van der Waals surface area contributed by atoms with E-state index in [4.69, 9.17) is 4.74 Å². The van der Waals surface area contributed by atoms with Gasteiger partial charge in [0.2, 0.25) is 0 Å². The van der Waals surface area contributed by atoms with Crippen LogP contribution in [0.5, 0.6) is 0 Å². The third kappa shape index (κ3) is 3.62. The Morgan fingerprint density at radius 1 is 1.19 bits per heavy atom. The van der Waals surface area contributed by atoms with Crippen molar-refractivity contribution in [2.75, 3.05) is 33.4 Å². The molecule has 2 fully saturated rings. The molecule has 5 atom stereocenters. The quantitative estimate of drug-likeness (QED) is 0.843. The SMILES string of the molecule is CCC(C)(C(NC)C1CCC(C)C(C)C1)N1CCOCC1. The van der Waals surface area contributed by atoms with Gasteiger partial charge in [-0.25, -0.2) is 0 Å². The zero-order valence-corrected chi connectivity index (χ0v) is 14.8. The van der Waals surface area contributed by atoms with Gasteiger partial charge in [-0.15, -0.1) is 0 Å². The summed E-state index contributed by atoms with van der Waals surface area (Å²) in [6.45, 7) is 13.7. The summed E-state index contributed by atoms with van der Waals surface area (Å²) in [6, 6.07) is 0.593. The van der Waals surface area contributed by atoms with E-state index in [1.807, 2.05) is 0 Å². The highest BCUT2D eigenvalue weighted by molar-refractivity contribution is 5.01. The van der Waals surface area contributed by atoms with Gasteiger partial charge < -0.3 is 10.1 Å². The molecule has 124 valence electrons. The van der Waals surface area contributed by atoms with E-state index in [9.17, 15) is 0 Å². The maximum Gasteiger partial charge on any atom is 0.0594 e. The molecule has 1 aliphatic carbocycles. The molecule has 0 aromatic rings. The van der Waals surface area contributed by atoms with E-state index in [0.29, 0.717) is 6.04 Å². The van der Waals surface area contributed by atoms with Crippen LogP contribution in [-0.2, 0) is 4.74 Å². The monoisotopic (exact) mass is 296 g/mol. The third-order valence-corrected chi connectivity index (χ3v) is 6.54. The van der Waals surface area contributed by atoms with Gasteiger partial charge in [-0.1, -0.05) is 27.2 Å². The second kappa shape index (κ2) is 7.43. The molecule has 1 N–H and O–H groups in total. The van der Waals surface area contributed by atoms with Crippen LogP contribution >= 0.6 is 0 Å². The number of nitrogens with one attached hydrogen (secondary N) is 1. The molecule has 3 heteroatoms. The Balaban J connectivity index is 2.12. The lowest BCUT2D eigenvalue weighted by molar-refractivity contribution is -0.0455. The number of ether oxygens (including phenoxy) is 1. The van der Waals surface area contributed by atoms with Crippen LogP contribution in [0.4, 0.5) is 0 Å². The number of rotatable bonds is 5. The van der Waals surface area contributed by atoms with Gasteiger partial charge in [0.05, 0.1) is 13.2 Å². The second-order valence-electron chi connectivity index (χ2n) is 7.60. The molecule has 0 spiro atoms. The van der Waals surface area contributed by atoms with Gasteiger partial charge >= 0.3 is 0 Å². The van der Waals surface area contributed by atoms with Crippen molar-refractivity contribution in [3.8, 4) is 0 Å². The van der Waals surface area contributed by atoms with E-state index in [1.54, 1.807) is 0 Å². The predicted molar refractivity (Wildman–Crippen MR) is 89.6 cm³/mol. The molecule has 1 saturated carbocycles. The first kappa shape index (κ1) is 17.2. The highest BCUT2D eigenvalue weighted by atomic mass is 16.5. The molecule has 1 saturated heterocycles. The molecule has 0 aromatic carbocycles. The highest BCUT2D eigenvalue weighted by Crippen LogP contribution is 2.40. The molecule has 0 bridgehead atoms. The lowest BCUT2D eigenvalue weighted by Gasteiger charge is -2.51. The van der Waals surface area contributed by atoms with Crippen molar-refractivity contribution in [3.05, 3.63) is 0 Å². The van der Waals surface area contributed by atoms with Crippen molar-refractivity contribution < 1.29 is 4.74 Å². The zero-order valence-electron chi connectivity index (χ0n) is 14.8. The van der Waals surface area contributed by atoms with Gasteiger partial charge in [-0.3, -0.25) is 4.90 Å². The fraction of sp³-hybridized carbons (Fsp3) is 1.00. The molecule has 1 heterocycles. The van der Waals surface area contributed by atoms with Crippen LogP contribution in [0.25, 0.3) is 0 Å². The summed E-state index contributed by atoms with van der Waals surface area (Å²) in [5.74, 6) is 2.58. The van der Waals surface area contributed by atoms with Gasteiger partial charge in [0.15, 0.2) is 0 Å². The van der Waals surface area contributed by atoms with Crippen molar-refractivity contribution in [1.29, 1.82) is 0 Å². The van der Waals surface area contributed by atoms with Crippen LogP contribution in [-0.4, -0.2) is 49.8 Å². The topological polar surface area (TPSA) is 24.5 Å². The molecule has 0 radical (unpaired) electrons. The van der Waals surface area contributed by atoms with E-state index in [1.165, 1.54) is 25.7 Å². The normalized spacial score (nSPS) is 36.1. The van der Waals surface area contributed by atoms with E-state index >= 15 is 0 Å². The molecule has 2 rings (SSSR count). The smallest absolute Gasteiger partial charge is 0.0594 e. The summed E-state index contributed by atoms with van der Waals surface area (Å²) >= 11 is 0. The van der Waals surface area contributed by atoms with Gasteiger partial charge in [0, 0.05) is 24.7 Å². The van der Waals surface area contributed by atoms with E-state index in [2.05, 4.69) is 45.0 Å². The van der Waals surface area contributed by atoms with E-state index < -0.39 is 0 Å². The maximum atomic E-state index is 5.57. The Morgan fingerprint density at radius 3 is 2.38 bits per heavy atom. The lowest BCUT2D eigenvalue weighted by Crippen LogP contribution is -2.64. The third-order valence-electron chi connectivity index (χ3n) is 6.54. The first-order chi connectivity index (χ1) is 10.0. The molecular formula is C18H36N2O. The standard InChI is InChI=1S/C18H36N2O/c1-6-18(4,20-9-11-21-12-10-20)17(19-5)16-8-7-14(2)15(3)13-16/h14-17,19H,6-13H2,1-5H3. The number of nitrogens with zero attached hydrogens (tertiary/aromatic N) is 1. The summed E-state index contributed by atoms with van der Waals surface area (Å²) in [5.41, 5.74) is 0.253. The minimum Gasteiger partial charge on any atom is -0.379 e. The van der Waals surface area contributed by atoms with Gasteiger partial charge in [0.25, 0.3) is 0 Å². The Morgan fingerprint density at radius 2 is 1.86 bits per heavy atom. The van der Waals surface area contributed by atoms with Crippen LogP contribution < -0.4 is 5.32 Å². The molecule has 1 aliphatic heterocycles. The van der Waals surface area contributed by atoms with E-state index in [-0.39, 0.29) is 5.54 Å². The fourth-order valence-corrected chi connectivity index (χ4v) is 4.66. The Hall–Kier alpha value is -0.120. The summed E-state index contributed by atoms with van der Waals surface area (Å²) in [4.78, 5) is 2.68. The van der Waals surface area contributed by atoms with Crippen LogP contribution in [0.1, 0.15) is 53.4 Å². The Labute approximate surface area is 131 Å². The number of morpholine rings is 1. The number of likely N-dealkylation sites (N-methyl/N-ethyl adjacent to an activating group) is 1. The second-order valence-corrected chi connectivity index (χ2v) is 7.60. The molecule has 0 amide bonds. The minimum absolute atomic E-state index is 0.253. The highest BCUT2D eigenvalue weighted by Gasteiger charge is 2.43. The summed E-state index contributed by atoms with van der Waals surface area (Å²) in [7, 11) is 2.17. The first-order valence-electron chi connectivity index (χ1n) is 9.03. The van der Waals surface area contributed by atoms with Crippen molar-refractivity contribution in [2.45, 2.75) is 65.0 Å².